The molecule has 0 fully saturated rings. The normalized spacial score (nSPS) is 13.8. The summed E-state index contributed by atoms with van der Waals surface area (Å²) in [6, 6.07) is -0.633. The van der Waals surface area contributed by atoms with E-state index in [2.05, 4.69) is 105 Å². The minimum Gasteiger partial charge on any atom is -0.477 e. The summed E-state index contributed by atoms with van der Waals surface area (Å²) in [5.41, 5.74) is 0. The third-order valence-corrected chi connectivity index (χ3v) is 9.73. The lowest BCUT2D eigenvalue weighted by Gasteiger charge is -2.31. The minimum absolute atomic E-state index is 0.0241. The van der Waals surface area contributed by atoms with Crippen LogP contribution in [0.5, 0.6) is 0 Å². The number of allylic oxidation sites excluding steroid dienone is 16. The number of ether oxygens (including phenoxy) is 3. The second kappa shape index (κ2) is 42.0. The predicted octanol–water partition coefficient (Wildman–Crippen LogP) is 13.1. The number of quaternary nitrogens is 1. The molecule has 0 saturated carbocycles. The van der Waals surface area contributed by atoms with E-state index < -0.39 is 18.1 Å². The molecule has 8 heteroatoms. The second-order valence-electron chi connectivity index (χ2n) is 16.3. The first-order valence-corrected chi connectivity index (χ1v) is 23.3. The number of hydrogen-bond acceptors (Lipinski definition) is 6. The molecule has 0 aromatic rings. The van der Waals surface area contributed by atoms with Gasteiger partial charge in [-0.3, -0.25) is 9.59 Å². The molecule has 0 saturated heterocycles. The first-order chi connectivity index (χ1) is 29.1. The molecule has 0 bridgehead atoms. The van der Waals surface area contributed by atoms with E-state index in [0.29, 0.717) is 19.3 Å². The second-order valence-corrected chi connectivity index (χ2v) is 16.3. The highest BCUT2D eigenvalue weighted by atomic mass is 16.6. The molecule has 0 aliphatic carbocycles. The van der Waals surface area contributed by atoms with Crippen molar-refractivity contribution in [1.82, 2.24) is 0 Å². The molecule has 0 aromatic carbocycles. The summed E-state index contributed by atoms with van der Waals surface area (Å²) in [6.07, 6.45) is 56.1. The first-order valence-electron chi connectivity index (χ1n) is 23.3. The lowest BCUT2D eigenvalue weighted by atomic mass is 10.1. The number of carboxylic acids is 1. The summed E-state index contributed by atoms with van der Waals surface area (Å²) in [6.45, 7) is 4.50. The van der Waals surface area contributed by atoms with Crippen molar-refractivity contribution in [2.45, 2.75) is 174 Å². The third-order valence-electron chi connectivity index (χ3n) is 9.73. The number of carbonyl (C=O) groups excluding carboxylic acids is 2. The van der Waals surface area contributed by atoms with Crippen LogP contribution in [0.15, 0.2) is 97.2 Å². The fourth-order valence-electron chi connectivity index (χ4n) is 6.15. The Hall–Kier alpha value is -3.75. The van der Waals surface area contributed by atoms with E-state index in [-0.39, 0.29) is 42.7 Å². The van der Waals surface area contributed by atoms with Crippen LogP contribution in [0.2, 0.25) is 0 Å². The van der Waals surface area contributed by atoms with Crippen molar-refractivity contribution in [3.05, 3.63) is 97.2 Å². The summed E-state index contributed by atoms with van der Waals surface area (Å²) >= 11 is 0. The Kier molecular flexibility index (Phi) is 39.3. The number of esters is 2. The van der Waals surface area contributed by atoms with Crippen molar-refractivity contribution in [3.8, 4) is 0 Å². The Balaban J connectivity index is 4.40. The van der Waals surface area contributed by atoms with Crippen molar-refractivity contribution in [3.63, 3.8) is 0 Å². The summed E-state index contributed by atoms with van der Waals surface area (Å²) in [4.78, 5) is 37.0. The van der Waals surface area contributed by atoms with Crippen LogP contribution >= 0.6 is 0 Å². The highest BCUT2D eigenvalue weighted by molar-refractivity contribution is 5.72. The van der Waals surface area contributed by atoms with Crippen molar-refractivity contribution < 1.29 is 38.2 Å². The monoisotopic (exact) mass is 837 g/mol. The van der Waals surface area contributed by atoms with Gasteiger partial charge in [0.25, 0.3) is 0 Å². The molecule has 340 valence electrons. The van der Waals surface area contributed by atoms with Gasteiger partial charge >= 0.3 is 17.9 Å². The van der Waals surface area contributed by atoms with Crippen LogP contribution in [0.3, 0.4) is 0 Å². The number of aliphatic carboxylic acids is 1. The van der Waals surface area contributed by atoms with Gasteiger partial charge in [-0.25, -0.2) is 4.79 Å². The van der Waals surface area contributed by atoms with Gasteiger partial charge < -0.3 is 23.8 Å². The molecule has 0 aliphatic rings. The first kappa shape index (κ1) is 56.2. The maximum absolute atomic E-state index is 12.7. The highest BCUT2D eigenvalue weighted by Gasteiger charge is 2.31. The minimum atomic E-state index is -0.891. The molecule has 1 N–H and O–H groups in total. The van der Waals surface area contributed by atoms with Gasteiger partial charge in [0.15, 0.2) is 12.1 Å². The van der Waals surface area contributed by atoms with E-state index in [0.717, 1.165) is 83.5 Å². The number of likely N-dealkylation sites (N-methyl/N-ethyl adjacent to an activating group) is 1. The summed E-state index contributed by atoms with van der Waals surface area (Å²) in [5.74, 6) is -1.60. The van der Waals surface area contributed by atoms with Gasteiger partial charge in [-0.05, 0) is 83.5 Å². The van der Waals surface area contributed by atoms with Crippen LogP contribution < -0.4 is 0 Å². The Labute approximate surface area is 366 Å². The Morgan fingerprint density at radius 2 is 0.967 bits per heavy atom. The number of rotatable bonds is 40. The lowest BCUT2D eigenvalue weighted by Crippen LogP contribution is -2.50. The van der Waals surface area contributed by atoms with E-state index in [4.69, 9.17) is 14.2 Å². The van der Waals surface area contributed by atoms with Crippen molar-refractivity contribution in [1.29, 1.82) is 0 Å². The molecule has 0 heterocycles. The molecule has 0 aliphatic heterocycles. The number of carbonyl (C=O) groups is 3. The van der Waals surface area contributed by atoms with Crippen LogP contribution in [0.1, 0.15) is 162 Å². The standard InChI is InChI=1S/C52H85NO7/c1-6-8-10-12-14-16-18-20-21-22-23-24-25-26-27-28-29-31-32-34-36-38-40-42-50(54)59-47-48(46-58-45-44-49(52(56)57)53(3,4)5)60-51(55)43-41-39-37-35-33-30-19-17-15-13-11-9-7-2/h8,10,14,16,20-21,23-24,26-27,29-31,33,37,39,48-49H,6-7,9,11-13,15,17-19,22,25,28,32,34-36,38,40-47H2,1-5H3/p+1/b10-8+,16-14+,21-20+,24-23+,27-26+,31-29+,33-30+,39-37+. The van der Waals surface area contributed by atoms with Crippen molar-refractivity contribution >= 4 is 17.9 Å². The number of unbranched alkanes of at least 4 members (excludes halogenated alkanes) is 10. The van der Waals surface area contributed by atoms with Crippen LogP contribution in [-0.2, 0) is 28.6 Å². The molecule has 60 heavy (non-hydrogen) atoms. The molecule has 0 radical (unpaired) electrons. The van der Waals surface area contributed by atoms with Gasteiger partial charge in [0.1, 0.15) is 6.61 Å². The van der Waals surface area contributed by atoms with Gasteiger partial charge in [0.05, 0.1) is 34.4 Å². The predicted molar refractivity (Wildman–Crippen MR) is 252 cm³/mol. The number of hydrogen-bond donors (Lipinski definition) is 1. The zero-order valence-electron chi connectivity index (χ0n) is 38.6. The number of nitrogens with zero attached hydrogens (tertiary/aromatic N) is 1. The van der Waals surface area contributed by atoms with Crippen LogP contribution in [0.25, 0.3) is 0 Å². The molecule has 0 aromatic heterocycles. The topological polar surface area (TPSA) is 99.1 Å². The third kappa shape index (κ3) is 39.7. The fourth-order valence-corrected chi connectivity index (χ4v) is 6.15. The van der Waals surface area contributed by atoms with Gasteiger partial charge in [-0.2, -0.15) is 0 Å². The SMILES string of the molecule is CC/C=C/C/C=C/C/C=C/C/C=C/C/C=C/C/C=C/CCCCCCC(=O)OCC(COCCC(C(=O)O)[N+](C)(C)C)OC(=O)CC/C=C/C/C=C/CCCCCCCC. The summed E-state index contributed by atoms with van der Waals surface area (Å²) in [5, 5.41) is 9.62. The maximum Gasteiger partial charge on any atom is 0.362 e. The largest absolute Gasteiger partial charge is 0.477 e. The van der Waals surface area contributed by atoms with Crippen molar-refractivity contribution in [2.24, 2.45) is 0 Å². The molecule has 0 rings (SSSR count). The average Bonchev–Trinajstić information content (AvgIpc) is 3.21. The molecule has 8 nitrogen and oxygen atoms in total. The van der Waals surface area contributed by atoms with Crippen LogP contribution in [-0.4, -0.2) is 80.6 Å². The van der Waals surface area contributed by atoms with Crippen molar-refractivity contribution in [2.75, 3.05) is 41.0 Å². The smallest absolute Gasteiger partial charge is 0.362 e. The van der Waals surface area contributed by atoms with E-state index in [1.165, 1.54) is 38.5 Å². The molecule has 0 spiro atoms. The maximum atomic E-state index is 12.7. The molecule has 0 amide bonds. The van der Waals surface area contributed by atoms with Gasteiger partial charge in [-0.1, -0.05) is 156 Å². The Bertz CT molecular complexity index is 1300. The van der Waals surface area contributed by atoms with E-state index in [9.17, 15) is 19.5 Å². The van der Waals surface area contributed by atoms with E-state index >= 15 is 0 Å². The van der Waals surface area contributed by atoms with Crippen LogP contribution in [0.4, 0.5) is 0 Å². The molecule has 2 unspecified atom stereocenters. The van der Waals surface area contributed by atoms with Gasteiger partial charge in [-0.15, -0.1) is 0 Å². The summed E-state index contributed by atoms with van der Waals surface area (Å²) in [7, 11) is 5.49. The molecular formula is C52H86NO7+. The number of carboxylic acid groups (broad SMARTS) is 1. The zero-order valence-corrected chi connectivity index (χ0v) is 38.6. The van der Waals surface area contributed by atoms with Crippen LogP contribution in [0, 0.1) is 0 Å². The van der Waals surface area contributed by atoms with E-state index in [1.54, 1.807) is 0 Å². The van der Waals surface area contributed by atoms with E-state index in [1.807, 2.05) is 27.2 Å². The Morgan fingerprint density at radius 1 is 0.517 bits per heavy atom. The van der Waals surface area contributed by atoms with Gasteiger partial charge in [0.2, 0.25) is 0 Å². The highest BCUT2D eigenvalue weighted by Crippen LogP contribution is 2.12. The van der Waals surface area contributed by atoms with Gasteiger partial charge in [0, 0.05) is 19.3 Å². The molecule has 2 atom stereocenters. The quantitative estimate of drug-likeness (QED) is 0.0284. The Morgan fingerprint density at radius 3 is 1.45 bits per heavy atom. The lowest BCUT2D eigenvalue weighted by molar-refractivity contribution is -0.887. The zero-order chi connectivity index (χ0) is 44.2. The average molecular weight is 837 g/mol. The molecular weight excluding hydrogens is 751 g/mol. The summed E-state index contributed by atoms with van der Waals surface area (Å²) < 4.78 is 17.2. The fraction of sp³-hybridized carbons (Fsp3) is 0.635.